The maximum absolute atomic E-state index is 13.8. The Kier molecular flexibility index (Phi) is 5.32. The average molecular weight is 454 g/mol. The van der Waals surface area contributed by atoms with Gasteiger partial charge in [-0.2, -0.15) is 0 Å². The number of carbonyl (C=O) groups is 2. The van der Waals surface area contributed by atoms with Crippen molar-refractivity contribution in [2.75, 3.05) is 0 Å². The summed E-state index contributed by atoms with van der Waals surface area (Å²) in [5.41, 5.74) is 1.34. The highest BCUT2D eigenvalue weighted by Gasteiger charge is 2.48. The molecule has 0 saturated heterocycles. The molecule has 168 valence electrons. The molecule has 0 spiro atoms. The summed E-state index contributed by atoms with van der Waals surface area (Å²) in [5, 5.41) is 5.29. The van der Waals surface area contributed by atoms with Gasteiger partial charge in [0.25, 0.3) is 5.91 Å². The standard InChI is InChI=1S/C25H28FN3O2S/c1-16-5-3-4-6-19(16)27-24(31)25(2)15-28-20-11-12-32-22(20)13-21(28)23(30)29(25)14-17-7-9-18(26)10-8-17/h7-13,16,19H,3-6,14-15H2,1-2H3,(H,27,31)/t16-,19+,25+/m1/s1. The van der Waals surface area contributed by atoms with Crippen LogP contribution in [0.25, 0.3) is 10.2 Å². The quantitative estimate of drug-likeness (QED) is 0.608. The second kappa shape index (κ2) is 8.03. The first-order valence-electron chi connectivity index (χ1n) is 11.3. The zero-order valence-electron chi connectivity index (χ0n) is 18.4. The minimum atomic E-state index is -1.05. The van der Waals surface area contributed by atoms with Crippen molar-refractivity contribution in [2.24, 2.45) is 5.92 Å². The number of nitrogens with zero attached hydrogens (tertiary/aromatic N) is 2. The van der Waals surface area contributed by atoms with Gasteiger partial charge in [0.15, 0.2) is 0 Å². The summed E-state index contributed by atoms with van der Waals surface area (Å²) < 4.78 is 16.5. The van der Waals surface area contributed by atoms with Gasteiger partial charge in [-0.05, 0) is 60.9 Å². The summed E-state index contributed by atoms with van der Waals surface area (Å²) in [5.74, 6) is -0.181. The van der Waals surface area contributed by atoms with E-state index in [-0.39, 0.29) is 30.2 Å². The van der Waals surface area contributed by atoms with Crippen LogP contribution in [0.2, 0.25) is 0 Å². The largest absolute Gasteiger partial charge is 0.351 e. The second-order valence-electron chi connectivity index (χ2n) is 9.42. The Morgan fingerprint density at radius 2 is 1.97 bits per heavy atom. The number of thiophene rings is 1. The van der Waals surface area contributed by atoms with Crippen LogP contribution < -0.4 is 5.32 Å². The Morgan fingerprint density at radius 1 is 1.22 bits per heavy atom. The molecular formula is C25H28FN3O2S. The molecule has 3 atom stereocenters. The molecule has 5 rings (SSSR count). The molecule has 1 aromatic carbocycles. The van der Waals surface area contributed by atoms with E-state index in [1.54, 1.807) is 28.4 Å². The number of carbonyl (C=O) groups excluding carboxylic acids is 2. The summed E-state index contributed by atoms with van der Waals surface area (Å²) in [6.07, 6.45) is 4.39. The van der Waals surface area contributed by atoms with Crippen LogP contribution >= 0.6 is 11.3 Å². The lowest BCUT2D eigenvalue weighted by atomic mass is 9.85. The molecule has 0 radical (unpaired) electrons. The van der Waals surface area contributed by atoms with Gasteiger partial charge in [-0.15, -0.1) is 11.3 Å². The summed E-state index contributed by atoms with van der Waals surface area (Å²) >= 11 is 1.59. The van der Waals surface area contributed by atoms with Crippen LogP contribution in [-0.2, 0) is 17.9 Å². The third-order valence-electron chi connectivity index (χ3n) is 7.22. The fourth-order valence-corrected chi connectivity index (χ4v) is 5.97. The molecule has 7 heteroatoms. The average Bonchev–Trinajstić information content (AvgIpc) is 3.36. The van der Waals surface area contributed by atoms with Crippen molar-refractivity contribution in [3.05, 3.63) is 58.9 Å². The van der Waals surface area contributed by atoms with Crippen molar-refractivity contribution < 1.29 is 14.0 Å². The minimum Gasteiger partial charge on any atom is -0.351 e. The highest BCUT2D eigenvalue weighted by Crippen LogP contribution is 2.36. The minimum absolute atomic E-state index is 0.116. The summed E-state index contributed by atoms with van der Waals surface area (Å²) in [6.45, 7) is 4.69. The molecule has 2 amide bonds. The second-order valence-corrected chi connectivity index (χ2v) is 10.4. The molecule has 2 aromatic heterocycles. The lowest BCUT2D eigenvalue weighted by Crippen LogP contribution is -2.65. The fourth-order valence-electron chi connectivity index (χ4n) is 5.15. The summed E-state index contributed by atoms with van der Waals surface area (Å²) in [6, 6.07) is 10.2. The highest BCUT2D eigenvalue weighted by molar-refractivity contribution is 7.17. The van der Waals surface area contributed by atoms with Crippen molar-refractivity contribution in [1.29, 1.82) is 0 Å². The Bertz CT molecular complexity index is 1170. The number of fused-ring (bicyclic) bond motifs is 3. The number of hydrogen-bond donors (Lipinski definition) is 1. The number of amides is 2. The maximum atomic E-state index is 13.8. The topological polar surface area (TPSA) is 54.3 Å². The number of hydrogen-bond acceptors (Lipinski definition) is 3. The van der Waals surface area contributed by atoms with Crippen LogP contribution in [-0.4, -0.2) is 32.9 Å². The van der Waals surface area contributed by atoms with E-state index in [0.717, 1.165) is 35.0 Å². The van der Waals surface area contributed by atoms with Crippen LogP contribution in [0, 0.1) is 11.7 Å². The lowest BCUT2D eigenvalue weighted by Gasteiger charge is -2.45. The molecule has 3 aromatic rings. The Labute approximate surface area is 191 Å². The Hall–Kier alpha value is -2.67. The molecule has 5 nitrogen and oxygen atoms in total. The van der Waals surface area contributed by atoms with Crippen molar-refractivity contribution in [3.8, 4) is 0 Å². The molecule has 1 saturated carbocycles. The van der Waals surface area contributed by atoms with Crippen molar-refractivity contribution in [1.82, 2.24) is 14.8 Å². The van der Waals surface area contributed by atoms with Gasteiger partial charge in [0.05, 0.1) is 16.8 Å². The van der Waals surface area contributed by atoms with Crippen LogP contribution in [0.4, 0.5) is 4.39 Å². The molecule has 1 fully saturated rings. The summed E-state index contributed by atoms with van der Waals surface area (Å²) in [7, 11) is 0. The van der Waals surface area contributed by atoms with E-state index in [1.807, 2.05) is 29.0 Å². The number of benzene rings is 1. The Balaban J connectivity index is 1.52. The van der Waals surface area contributed by atoms with Gasteiger partial charge < -0.3 is 14.8 Å². The third-order valence-corrected chi connectivity index (χ3v) is 8.07. The molecule has 3 heterocycles. The van der Waals surface area contributed by atoms with Crippen molar-refractivity contribution in [2.45, 2.75) is 64.2 Å². The van der Waals surface area contributed by atoms with E-state index < -0.39 is 5.54 Å². The molecule has 0 unspecified atom stereocenters. The number of nitrogens with one attached hydrogen (secondary N) is 1. The smallest absolute Gasteiger partial charge is 0.271 e. The first-order valence-corrected chi connectivity index (χ1v) is 12.2. The van der Waals surface area contributed by atoms with Crippen LogP contribution in [0.1, 0.15) is 55.6 Å². The zero-order chi connectivity index (χ0) is 22.5. The van der Waals surface area contributed by atoms with Gasteiger partial charge in [0.1, 0.15) is 17.1 Å². The van der Waals surface area contributed by atoms with Gasteiger partial charge >= 0.3 is 0 Å². The van der Waals surface area contributed by atoms with E-state index in [9.17, 15) is 14.0 Å². The SMILES string of the molecule is C[C@@H]1CCCC[C@@H]1NC(=O)[C@]1(C)Cn2c(cc3sccc32)C(=O)N1Cc1ccc(F)cc1. The van der Waals surface area contributed by atoms with E-state index in [1.165, 1.54) is 18.6 Å². The van der Waals surface area contributed by atoms with Crippen LogP contribution in [0.5, 0.6) is 0 Å². The van der Waals surface area contributed by atoms with Crippen LogP contribution in [0.3, 0.4) is 0 Å². The Morgan fingerprint density at radius 3 is 2.72 bits per heavy atom. The van der Waals surface area contributed by atoms with E-state index in [0.29, 0.717) is 18.2 Å². The van der Waals surface area contributed by atoms with E-state index in [2.05, 4.69) is 12.2 Å². The number of aromatic nitrogens is 1. The first-order chi connectivity index (χ1) is 15.4. The predicted octanol–water partition coefficient (Wildman–Crippen LogP) is 4.95. The van der Waals surface area contributed by atoms with Gasteiger partial charge in [-0.25, -0.2) is 4.39 Å². The van der Waals surface area contributed by atoms with E-state index >= 15 is 0 Å². The number of halogens is 1. The molecular weight excluding hydrogens is 425 g/mol. The predicted molar refractivity (Wildman–Crippen MR) is 124 cm³/mol. The molecule has 0 bridgehead atoms. The molecule has 2 aliphatic rings. The molecule has 1 aliphatic carbocycles. The van der Waals surface area contributed by atoms with Crippen molar-refractivity contribution >= 4 is 33.4 Å². The van der Waals surface area contributed by atoms with Crippen LogP contribution in [0.15, 0.2) is 41.8 Å². The first kappa shape index (κ1) is 21.2. The third kappa shape index (κ3) is 3.52. The normalized spacial score (nSPS) is 25.7. The van der Waals surface area contributed by atoms with Crippen molar-refractivity contribution in [3.63, 3.8) is 0 Å². The van der Waals surface area contributed by atoms with Gasteiger partial charge in [-0.1, -0.05) is 31.9 Å². The van der Waals surface area contributed by atoms with Gasteiger partial charge in [0, 0.05) is 12.6 Å². The van der Waals surface area contributed by atoms with Gasteiger partial charge in [0.2, 0.25) is 5.91 Å². The lowest BCUT2D eigenvalue weighted by molar-refractivity contribution is -0.134. The fraction of sp³-hybridized carbons (Fsp3) is 0.440. The highest BCUT2D eigenvalue weighted by atomic mass is 32.1. The summed E-state index contributed by atoms with van der Waals surface area (Å²) in [4.78, 5) is 29.1. The molecule has 1 aliphatic heterocycles. The molecule has 32 heavy (non-hydrogen) atoms. The van der Waals surface area contributed by atoms with Gasteiger partial charge in [-0.3, -0.25) is 9.59 Å². The number of rotatable bonds is 4. The maximum Gasteiger partial charge on any atom is 0.271 e. The van der Waals surface area contributed by atoms with E-state index in [4.69, 9.17) is 0 Å². The zero-order valence-corrected chi connectivity index (χ0v) is 19.3. The molecule has 1 N–H and O–H groups in total. The monoisotopic (exact) mass is 453 g/mol.